The maximum Gasteiger partial charge on any atom is 0.410 e. The maximum absolute atomic E-state index is 12.3. The number of carbonyl (C=O) groups excluding carboxylic acids is 1. The van der Waals surface area contributed by atoms with E-state index in [1.165, 1.54) is 18.4 Å². The molecule has 0 bridgehead atoms. The number of aliphatic imine (C=N–C) groups is 1. The summed E-state index contributed by atoms with van der Waals surface area (Å²) in [5.41, 5.74) is 7.07. The number of hydrogen-bond acceptors (Lipinski definition) is 5. The van der Waals surface area contributed by atoms with Gasteiger partial charge in [-0.1, -0.05) is 12.1 Å². The number of halogens is 1. The van der Waals surface area contributed by atoms with Gasteiger partial charge in [0.1, 0.15) is 11.4 Å². The molecule has 2 fully saturated rings. The lowest BCUT2D eigenvalue weighted by Gasteiger charge is -2.36. The van der Waals surface area contributed by atoms with E-state index >= 15 is 0 Å². The third kappa shape index (κ3) is 7.40. The lowest BCUT2D eigenvalue weighted by molar-refractivity contribution is 0.0186. The van der Waals surface area contributed by atoms with Gasteiger partial charge in [0, 0.05) is 26.2 Å². The van der Waals surface area contributed by atoms with Gasteiger partial charge in [0.15, 0.2) is 5.96 Å². The predicted octanol–water partition coefficient (Wildman–Crippen LogP) is 3.32. The number of amides is 1. The van der Waals surface area contributed by atoms with E-state index in [4.69, 9.17) is 20.2 Å². The summed E-state index contributed by atoms with van der Waals surface area (Å²) in [5, 5.41) is 0. The molecule has 1 unspecified atom stereocenters. The van der Waals surface area contributed by atoms with Crippen molar-refractivity contribution in [3.05, 3.63) is 29.8 Å². The Morgan fingerprint density at radius 3 is 2.31 bits per heavy atom. The Balaban J connectivity index is 0.00000363. The van der Waals surface area contributed by atoms with Gasteiger partial charge in [0.2, 0.25) is 0 Å². The molecule has 2 aliphatic rings. The molecule has 8 nitrogen and oxygen atoms in total. The number of guanidine groups is 1. The van der Waals surface area contributed by atoms with Crippen molar-refractivity contribution in [2.24, 2.45) is 10.7 Å². The molecule has 2 heterocycles. The predicted molar refractivity (Wildman–Crippen MR) is 138 cm³/mol. The summed E-state index contributed by atoms with van der Waals surface area (Å²) in [6, 6.07) is 8.40. The average molecular weight is 559 g/mol. The van der Waals surface area contributed by atoms with Gasteiger partial charge in [-0.15, -0.1) is 24.0 Å². The third-order valence-corrected chi connectivity index (χ3v) is 5.74. The van der Waals surface area contributed by atoms with Gasteiger partial charge in [-0.2, -0.15) is 0 Å². The van der Waals surface area contributed by atoms with Crippen LogP contribution >= 0.6 is 24.0 Å². The molecule has 0 aliphatic carbocycles. The summed E-state index contributed by atoms with van der Waals surface area (Å²) >= 11 is 0. The fraction of sp³-hybridized carbons (Fsp3) is 0.652. The van der Waals surface area contributed by atoms with E-state index in [1.807, 2.05) is 37.8 Å². The van der Waals surface area contributed by atoms with E-state index in [9.17, 15) is 4.79 Å². The second kappa shape index (κ2) is 11.9. The van der Waals surface area contributed by atoms with Crippen molar-refractivity contribution in [3.8, 4) is 5.75 Å². The molecule has 9 heteroatoms. The standard InChI is InChI=1S/C23H37N5O3.HI/c1-23(2,3)31-22(29)28-14-12-27(13-15-28)21(24)25-17-20(26-10-5-6-11-26)18-8-7-9-19(16-18)30-4;/h7-9,16,20H,5-6,10-15,17H2,1-4H3,(H2,24,25);1H. The lowest BCUT2D eigenvalue weighted by atomic mass is 10.1. The van der Waals surface area contributed by atoms with Crippen LogP contribution in [0.3, 0.4) is 0 Å². The third-order valence-electron chi connectivity index (χ3n) is 5.74. The number of likely N-dealkylation sites (tertiary alicyclic amines) is 1. The van der Waals surface area contributed by atoms with Crippen LogP contribution in [0, 0.1) is 0 Å². The number of rotatable bonds is 5. The summed E-state index contributed by atoms with van der Waals surface area (Å²) in [4.78, 5) is 23.3. The second-order valence-electron chi connectivity index (χ2n) is 9.19. The highest BCUT2D eigenvalue weighted by atomic mass is 127. The first-order valence-electron chi connectivity index (χ1n) is 11.2. The molecule has 1 atom stereocenters. The van der Waals surface area contributed by atoms with Crippen LogP contribution in [0.5, 0.6) is 5.75 Å². The molecule has 2 aliphatic heterocycles. The maximum atomic E-state index is 12.3. The monoisotopic (exact) mass is 559 g/mol. The smallest absolute Gasteiger partial charge is 0.410 e. The van der Waals surface area contributed by atoms with Crippen LogP contribution in [0.4, 0.5) is 4.79 Å². The first-order valence-corrected chi connectivity index (χ1v) is 11.2. The van der Waals surface area contributed by atoms with E-state index in [0.717, 1.165) is 18.8 Å². The van der Waals surface area contributed by atoms with E-state index in [-0.39, 0.29) is 36.1 Å². The Morgan fingerprint density at radius 2 is 1.72 bits per heavy atom. The highest BCUT2D eigenvalue weighted by Gasteiger charge is 2.27. The van der Waals surface area contributed by atoms with Crippen molar-refractivity contribution in [3.63, 3.8) is 0 Å². The van der Waals surface area contributed by atoms with Crippen LogP contribution in [-0.2, 0) is 4.74 Å². The molecule has 0 radical (unpaired) electrons. The number of hydrogen-bond donors (Lipinski definition) is 1. The molecular formula is C23H38IN5O3. The molecule has 2 N–H and O–H groups in total. The Labute approximate surface area is 209 Å². The number of ether oxygens (including phenoxy) is 2. The van der Waals surface area contributed by atoms with Gasteiger partial charge in [0.25, 0.3) is 0 Å². The lowest BCUT2D eigenvalue weighted by Crippen LogP contribution is -2.53. The van der Waals surface area contributed by atoms with Gasteiger partial charge in [-0.25, -0.2) is 4.79 Å². The van der Waals surface area contributed by atoms with Gasteiger partial charge in [-0.3, -0.25) is 9.89 Å². The number of methoxy groups -OCH3 is 1. The Morgan fingerprint density at radius 1 is 1.09 bits per heavy atom. The molecule has 1 aromatic carbocycles. The molecule has 0 saturated carbocycles. The SMILES string of the molecule is COc1cccc(C(CN=C(N)N2CCN(C(=O)OC(C)(C)C)CC2)N2CCCC2)c1.I. The zero-order chi connectivity index (χ0) is 22.4. The van der Waals surface area contributed by atoms with Crippen LogP contribution in [0.15, 0.2) is 29.3 Å². The quantitative estimate of drug-likeness (QED) is 0.339. The highest BCUT2D eigenvalue weighted by molar-refractivity contribution is 14.0. The van der Waals surface area contributed by atoms with E-state index < -0.39 is 5.60 Å². The summed E-state index contributed by atoms with van der Waals surface area (Å²) in [6.45, 7) is 10.9. The molecule has 0 spiro atoms. The molecule has 3 rings (SSSR count). The topological polar surface area (TPSA) is 83.6 Å². The minimum Gasteiger partial charge on any atom is -0.497 e. The van der Waals surface area contributed by atoms with Crippen molar-refractivity contribution >= 4 is 36.0 Å². The number of piperazine rings is 1. The van der Waals surface area contributed by atoms with E-state index in [1.54, 1.807) is 12.0 Å². The number of carbonyl (C=O) groups is 1. The zero-order valence-electron chi connectivity index (χ0n) is 19.7. The summed E-state index contributed by atoms with van der Waals surface area (Å²) < 4.78 is 10.9. The van der Waals surface area contributed by atoms with Crippen molar-refractivity contribution in [2.75, 3.05) is 52.9 Å². The number of nitrogens with zero attached hydrogens (tertiary/aromatic N) is 4. The first-order chi connectivity index (χ1) is 14.8. The fourth-order valence-electron chi connectivity index (χ4n) is 4.06. The zero-order valence-corrected chi connectivity index (χ0v) is 22.1. The van der Waals surface area contributed by atoms with Crippen LogP contribution in [0.2, 0.25) is 0 Å². The summed E-state index contributed by atoms with van der Waals surface area (Å²) in [6.07, 6.45) is 2.16. The van der Waals surface area contributed by atoms with Crippen molar-refractivity contribution in [1.29, 1.82) is 0 Å². The van der Waals surface area contributed by atoms with Crippen molar-refractivity contribution in [2.45, 2.75) is 45.3 Å². The van der Waals surface area contributed by atoms with Crippen molar-refractivity contribution in [1.82, 2.24) is 14.7 Å². The van der Waals surface area contributed by atoms with Crippen LogP contribution in [0.1, 0.15) is 45.2 Å². The average Bonchev–Trinajstić information content (AvgIpc) is 3.27. The first kappa shape index (κ1) is 26.5. The van der Waals surface area contributed by atoms with Gasteiger partial charge < -0.3 is 25.0 Å². The molecule has 0 aromatic heterocycles. The number of nitrogens with two attached hydrogens (primary N) is 1. The molecular weight excluding hydrogens is 521 g/mol. The normalized spacial score (nSPS) is 18.8. The largest absolute Gasteiger partial charge is 0.497 e. The van der Waals surface area contributed by atoms with E-state index in [0.29, 0.717) is 38.7 Å². The second-order valence-corrected chi connectivity index (χ2v) is 9.19. The van der Waals surface area contributed by atoms with E-state index in [2.05, 4.69) is 17.0 Å². The Kier molecular flexibility index (Phi) is 9.87. The van der Waals surface area contributed by atoms with Crippen LogP contribution in [-0.4, -0.2) is 85.3 Å². The van der Waals surface area contributed by atoms with Crippen LogP contribution < -0.4 is 10.5 Å². The van der Waals surface area contributed by atoms with Gasteiger partial charge in [-0.05, 0) is 64.4 Å². The fourth-order valence-corrected chi connectivity index (χ4v) is 4.06. The number of benzene rings is 1. The van der Waals surface area contributed by atoms with Crippen molar-refractivity contribution < 1.29 is 14.3 Å². The molecule has 2 saturated heterocycles. The summed E-state index contributed by atoms with van der Waals surface area (Å²) in [7, 11) is 1.69. The minimum absolute atomic E-state index is 0. The van der Waals surface area contributed by atoms with Gasteiger partial charge >= 0.3 is 6.09 Å². The van der Waals surface area contributed by atoms with Crippen LogP contribution in [0.25, 0.3) is 0 Å². The molecule has 1 amide bonds. The summed E-state index contributed by atoms with van der Waals surface area (Å²) in [5.74, 6) is 1.40. The minimum atomic E-state index is -0.487. The highest BCUT2D eigenvalue weighted by Crippen LogP contribution is 2.28. The molecule has 32 heavy (non-hydrogen) atoms. The molecule has 1 aromatic rings. The Hall–Kier alpha value is -1.75. The molecule has 180 valence electrons. The Bertz CT molecular complexity index is 769. The van der Waals surface area contributed by atoms with Gasteiger partial charge in [0.05, 0.1) is 19.7 Å².